The molecule has 1 aromatic rings. The highest BCUT2D eigenvalue weighted by molar-refractivity contribution is 5.90. The summed E-state index contributed by atoms with van der Waals surface area (Å²) < 4.78 is 5.17. The van der Waals surface area contributed by atoms with Gasteiger partial charge in [-0.1, -0.05) is 19.1 Å². The number of methoxy groups -OCH3 is 1. The number of hydrogen-bond acceptors (Lipinski definition) is 3. The van der Waals surface area contributed by atoms with E-state index in [1.165, 1.54) is 0 Å². The van der Waals surface area contributed by atoms with Crippen LogP contribution in [0.3, 0.4) is 0 Å². The molecule has 3 nitrogen and oxygen atoms in total. The maximum absolute atomic E-state index is 12.4. The van der Waals surface area contributed by atoms with E-state index in [1.807, 2.05) is 31.3 Å². The van der Waals surface area contributed by atoms with Crippen LogP contribution in [0.5, 0.6) is 5.75 Å². The predicted octanol–water partition coefficient (Wildman–Crippen LogP) is 2.50. The van der Waals surface area contributed by atoms with Crippen molar-refractivity contribution < 1.29 is 9.53 Å². The maximum Gasteiger partial charge on any atom is 0.157 e. The summed E-state index contributed by atoms with van der Waals surface area (Å²) in [6.45, 7) is 2.21. The summed E-state index contributed by atoms with van der Waals surface area (Å²) in [4.78, 5) is 12.4. The van der Waals surface area contributed by atoms with Crippen LogP contribution in [0, 0.1) is 5.92 Å². The Labute approximate surface area is 109 Å². The summed E-state index contributed by atoms with van der Waals surface area (Å²) in [5.74, 6) is 1.69. The van der Waals surface area contributed by atoms with Crippen LogP contribution in [0.4, 0.5) is 0 Å². The van der Waals surface area contributed by atoms with E-state index in [1.54, 1.807) is 7.11 Å². The SMILES string of the molecule is CN[C@]1(c2ccc(OC)cc2)C[C@H](C)CCC1=O. The van der Waals surface area contributed by atoms with Crippen LogP contribution in [-0.2, 0) is 10.3 Å². The van der Waals surface area contributed by atoms with Crippen molar-refractivity contribution in [1.82, 2.24) is 5.32 Å². The zero-order valence-electron chi connectivity index (χ0n) is 11.3. The molecule has 0 spiro atoms. The summed E-state index contributed by atoms with van der Waals surface area (Å²) in [6.07, 6.45) is 2.53. The molecule has 0 heterocycles. The molecule has 98 valence electrons. The molecule has 0 saturated heterocycles. The average Bonchev–Trinajstić information content (AvgIpc) is 2.42. The molecular formula is C15H21NO2. The molecule has 2 rings (SSSR count). The van der Waals surface area contributed by atoms with E-state index in [9.17, 15) is 4.79 Å². The van der Waals surface area contributed by atoms with Gasteiger partial charge in [-0.3, -0.25) is 4.79 Å². The number of ketones is 1. The predicted molar refractivity (Wildman–Crippen MR) is 71.8 cm³/mol. The van der Waals surface area contributed by atoms with Crippen LogP contribution < -0.4 is 10.1 Å². The molecule has 0 amide bonds. The highest BCUT2D eigenvalue weighted by Gasteiger charge is 2.42. The van der Waals surface area contributed by atoms with Crippen molar-refractivity contribution in [1.29, 1.82) is 0 Å². The van der Waals surface area contributed by atoms with Gasteiger partial charge in [-0.25, -0.2) is 0 Å². The second-order valence-electron chi connectivity index (χ2n) is 5.15. The molecule has 1 aliphatic rings. The first-order chi connectivity index (χ1) is 8.62. The largest absolute Gasteiger partial charge is 0.497 e. The first-order valence-electron chi connectivity index (χ1n) is 6.49. The quantitative estimate of drug-likeness (QED) is 0.892. The average molecular weight is 247 g/mol. The standard InChI is InChI=1S/C15H21NO2/c1-11-4-9-14(17)15(10-11,16-2)12-5-7-13(18-3)8-6-12/h5-8,11,16H,4,9-10H2,1-3H3/t11-,15+/m1/s1. The number of hydrogen-bond donors (Lipinski definition) is 1. The summed E-state index contributed by atoms with van der Waals surface area (Å²) in [6, 6.07) is 7.82. The van der Waals surface area contributed by atoms with Gasteiger partial charge in [0.25, 0.3) is 0 Å². The van der Waals surface area contributed by atoms with Gasteiger partial charge in [0.05, 0.1) is 7.11 Å². The molecule has 2 atom stereocenters. The van der Waals surface area contributed by atoms with Crippen LogP contribution in [0.15, 0.2) is 24.3 Å². The monoisotopic (exact) mass is 247 g/mol. The van der Waals surface area contributed by atoms with E-state index < -0.39 is 5.54 Å². The fourth-order valence-electron chi connectivity index (χ4n) is 2.87. The smallest absolute Gasteiger partial charge is 0.157 e. The lowest BCUT2D eigenvalue weighted by Crippen LogP contribution is -2.50. The molecule has 1 N–H and O–H groups in total. The fraction of sp³-hybridized carbons (Fsp3) is 0.533. The topological polar surface area (TPSA) is 38.3 Å². The van der Waals surface area contributed by atoms with Crippen molar-refractivity contribution >= 4 is 5.78 Å². The van der Waals surface area contributed by atoms with Crippen molar-refractivity contribution in [2.45, 2.75) is 31.7 Å². The normalized spacial score (nSPS) is 28.2. The van der Waals surface area contributed by atoms with Crippen molar-refractivity contribution in [2.24, 2.45) is 5.92 Å². The van der Waals surface area contributed by atoms with Gasteiger partial charge in [0, 0.05) is 6.42 Å². The van der Waals surface area contributed by atoms with Gasteiger partial charge in [-0.15, -0.1) is 0 Å². The third kappa shape index (κ3) is 2.15. The number of likely N-dealkylation sites (N-methyl/N-ethyl adjacent to an activating group) is 1. The fourth-order valence-corrected chi connectivity index (χ4v) is 2.87. The third-order valence-corrected chi connectivity index (χ3v) is 4.00. The first-order valence-corrected chi connectivity index (χ1v) is 6.49. The van der Waals surface area contributed by atoms with Crippen LogP contribution in [0.1, 0.15) is 31.7 Å². The van der Waals surface area contributed by atoms with E-state index in [4.69, 9.17) is 4.74 Å². The summed E-state index contributed by atoms with van der Waals surface area (Å²) in [5.41, 5.74) is 0.534. The number of rotatable bonds is 3. The number of ether oxygens (including phenoxy) is 1. The molecule has 0 radical (unpaired) electrons. The van der Waals surface area contributed by atoms with Crippen LogP contribution in [0.25, 0.3) is 0 Å². The van der Waals surface area contributed by atoms with E-state index in [0.29, 0.717) is 18.1 Å². The van der Waals surface area contributed by atoms with Crippen molar-refractivity contribution in [2.75, 3.05) is 14.2 Å². The Kier molecular flexibility index (Phi) is 3.71. The van der Waals surface area contributed by atoms with Crippen molar-refractivity contribution in [3.8, 4) is 5.75 Å². The molecule has 1 saturated carbocycles. The minimum Gasteiger partial charge on any atom is -0.497 e. The van der Waals surface area contributed by atoms with Gasteiger partial charge in [0.1, 0.15) is 11.3 Å². The lowest BCUT2D eigenvalue weighted by molar-refractivity contribution is -0.128. The van der Waals surface area contributed by atoms with Gasteiger partial charge >= 0.3 is 0 Å². The Bertz CT molecular complexity index is 427. The lowest BCUT2D eigenvalue weighted by atomic mass is 9.71. The van der Waals surface area contributed by atoms with Gasteiger partial charge in [0.2, 0.25) is 0 Å². The molecule has 0 unspecified atom stereocenters. The van der Waals surface area contributed by atoms with E-state index in [2.05, 4.69) is 12.2 Å². The van der Waals surface area contributed by atoms with E-state index in [0.717, 1.165) is 24.2 Å². The van der Waals surface area contributed by atoms with E-state index >= 15 is 0 Å². The van der Waals surface area contributed by atoms with Gasteiger partial charge in [0.15, 0.2) is 5.78 Å². The molecule has 3 heteroatoms. The number of carbonyl (C=O) groups is 1. The molecule has 0 bridgehead atoms. The number of carbonyl (C=O) groups excluding carboxylic acids is 1. The Hall–Kier alpha value is -1.35. The highest BCUT2D eigenvalue weighted by atomic mass is 16.5. The molecule has 18 heavy (non-hydrogen) atoms. The lowest BCUT2D eigenvalue weighted by Gasteiger charge is -2.39. The van der Waals surface area contributed by atoms with Crippen LogP contribution >= 0.6 is 0 Å². The first kappa shape index (κ1) is 13.1. The number of benzene rings is 1. The zero-order valence-corrected chi connectivity index (χ0v) is 11.3. The molecule has 1 aliphatic carbocycles. The Morgan fingerprint density at radius 1 is 1.33 bits per heavy atom. The van der Waals surface area contributed by atoms with Gasteiger partial charge < -0.3 is 10.1 Å². The maximum atomic E-state index is 12.4. The molecule has 1 aromatic carbocycles. The summed E-state index contributed by atoms with van der Waals surface area (Å²) >= 11 is 0. The molecule has 1 fully saturated rings. The summed E-state index contributed by atoms with van der Waals surface area (Å²) in [5, 5.41) is 3.26. The van der Waals surface area contributed by atoms with Gasteiger partial charge in [-0.05, 0) is 43.5 Å². The number of nitrogens with one attached hydrogen (secondary N) is 1. The Balaban J connectivity index is 2.37. The second kappa shape index (κ2) is 5.11. The molecular weight excluding hydrogens is 226 g/mol. The summed E-state index contributed by atoms with van der Waals surface area (Å²) in [7, 11) is 3.52. The third-order valence-electron chi connectivity index (χ3n) is 4.00. The van der Waals surface area contributed by atoms with Crippen LogP contribution in [0.2, 0.25) is 0 Å². The van der Waals surface area contributed by atoms with E-state index in [-0.39, 0.29) is 0 Å². The highest BCUT2D eigenvalue weighted by Crippen LogP contribution is 2.37. The molecule has 0 aliphatic heterocycles. The van der Waals surface area contributed by atoms with Gasteiger partial charge in [-0.2, -0.15) is 0 Å². The minimum absolute atomic E-state index is 0.299. The molecule has 0 aromatic heterocycles. The zero-order chi connectivity index (χ0) is 13.2. The van der Waals surface area contributed by atoms with Crippen molar-refractivity contribution in [3.05, 3.63) is 29.8 Å². The van der Waals surface area contributed by atoms with Crippen molar-refractivity contribution in [3.63, 3.8) is 0 Å². The Morgan fingerprint density at radius 3 is 2.56 bits per heavy atom. The number of Topliss-reactive ketones (excluding diaryl/α,β-unsaturated/α-hetero) is 1. The second-order valence-corrected chi connectivity index (χ2v) is 5.15. The Morgan fingerprint density at radius 2 is 2.00 bits per heavy atom. The minimum atomic E-state index is -0.510. The van der Waals surface area contributed by atoms with Crippen LogP contribution in [-0.4, -0.2) is 19.9 Å².